The molecule has 0 saturated heterocycles. The van der Waals surface area contributed by atoms with Gasteiger partial charge in [0.15, 0.2) is 0 Å². The van der Waals surface area contributed by atoms with Crippen molar-refractivity contribution in [2.24, 2.45) is 5.73 Å². The standard InChI is InChI=1S/C12H12ClN5O3/c13-9-3-7(12(20)21)1-2-10(9)15-11(19)6-18-5-8(4-14)16-17-18/h1-3,5H,4,6,14H2,(H,15,19)(H,20,21). The summed E-state index contributed by atoms with van der Waals surface area (Å²) < 4.78 is 1.34. The van der Waals surface area contributed by atoms with Gasteiger partial charge in [0.1, 0.15) is 6.54 Å². The van der Waals surface area contributed by atoms with Crippen LogP contribution in [0.3, 0.4) is 0 Å². The third-order valence-electron chi connectivity index (χ3n) is 2.59. The van der Waals surface area contributed by atoms with Crippen LogP contribution in [0.4, 0.5) is 5.69 Å². The molecule has 0 aliphatic carbocycles. The summed E-state index contributed by atoms with van der Waals surface area (Å²) in [7, 11) is 0. The van der Waals surface area contributed by atoms with E-state index in [0.717, 1.165) is 0 Å². The monoisotopic (exact) mass is 309 g/mol. The Morgan fingerprint density at radius 1 is 1.43 bits per heavy atom. The molecule has 21 heavy (non-hydrogen) atoms. The number of hydrogen-bond acceptors (Lipinski definition) is 5. The van der Waals surface area contributed by atoms with E-state index < -0.39 is 5.97 Å². The van der Waals surface area contributed by atoms with Crippen molar-refractivity contribution in [1.29, 1.82) is 0 Å². The first-order valence-electron chi connectivity index (χ1n) is 5.91. The van der Waals surface area contributed by atoms with Gasteiger partial charge in [-0.1, -0.05) is 16.8 Å². The second-order valence-corrected chi connectivity index (χ2v) is 4.57. The summed E-state index contributed by atoms with van der Waals surface area (Å²) in [5.74, 6) is -1.46. The average Bonchev–Trinajstić information content (AvgIpc) is 2.88. The quantitative estimate of drug-likeness (QED) is 0.748. The number of aromatic carboxylic acids is 1. The van der Waals surface area contributed by atoms with E-state index in [2.05, 4.69) is 15.6 Å². The van der Waals surface area contributed by atoms with Crippen molar-refractivity contribution in [3.63, 3.8) is 0 Å². The Kier molecular flexibility index (Phi) is 4.51. The van der Waals surface area contributed by atoms with Gasteiger partial charge in [-0.05, 0) is 18.2 Å². The summed E-state index contributed by atoms with van der Waals surface area (Å²) in [5, 5.41) is 19.0. The third kappa shape index (κ3) is 3.77. The Morgan fingerprint density at radius 2 is 2.19 bits per heavy atom. The molecule has 9 heteroatoms. The van der Waals surface area contributed by atoms with E-state index in [4.69, 9.17) is 22.4 Å². The van der Waals surface area contributed by atoms with Crippen LogP contribution in [-0.2, 0) is 17.9 Å². The van der Waals surface area contributed by atoms with Gasteiger partial charge in [-0.15, -0.1) is 5.10 Å². The van der Waals surface area contributed by atoms with Gasteiger partial charge in [-0.2, -0.15) is 0 Å². The maximum absolute atomic E-state index is 11.8. The van der Waals surface area contributed by atoms with Crippen LogP contribution in [0.1, 0.15) is 16.1 Å². The number of halogens is 1. The van der Waals surface area contributed by atoms with Crippen molar-refractivity contribution >= 4 is 29.2 Å². The zero-order valence-corrected chi connectivity index (χ0v) is 11.5. The van der Waals surface area contributed by atoms with Crippen molar-refractivity contribution in [3.05, 3.63) is 40.7 Å². The molecule has 0 aliphatic rings. The molecule has 0 fully saturated rings. The summed E-state index contributed by atoms with van der Waals surface area (Å²) in [6.45, 7) is 0.189. The molecular weight excluding hydrogens is 298 g/mol. The second kappa shape index (κ2) is 6.33. The van der Waals surface area contributed by atoms with E-state index in [9.17, 15) is 9.59 Å². The molecule has 0 atom stereocenters. The maximum atomic E-state index is 11.8. The van der Waals surface area contributed by atoms with Crippen LogP contribution >= 0.6 is 11.6 Å². The lowest BCUT2D eigenvalue weighted by Crippen LogP contribution is -2.19. The van der Waals surface area contributed by atoms with Crippen LogP contribution in [0.2, 0.25) is 5.02 Å². The molecular formula is C12H12ClN5O3. The number of benzene rings is 1. The first-order valence-corrected chi connectivity index (χ1v) is 6.29. The highest BCUT2D eigenvalue weighted by molar-refractivity contribution is 6.34. The smallest absolute Gasteiger partial charge is 0.335 e. The molecule has 0 spiro atoms. The second-order valence-electron chi connectivity index (χ2n) is 4.16. The predicted octanol–water partition coefficient (Wildman–Crippen LogP) is 0.727. The highest BCUT2D eigenvalue weighted by atomic mass is 35.5. The number of nitrogens with zero attached hydrogens (tertiary/aromatic N) is 3. The van der Waals surface area contributed by atoms with Crippen LogP contribution in [0.15, 0.2) is 24.4 Å². The Bertz CT molecular complexity index is 685. The van der Waals surface area contributed by atoms with E-state index in [1.54, 1.807) is 6.20 Å². The van der Waals surface area contributed by atoms with Crippen molar-refractivity contribution in [1.82, 2.24) is 15.0 Å². The van der Waals surface area contributed by atoms with Gasteiger partial charge in [0.05, 0.1) is 28.2 Å². The Morgan fingerprint density at radius 3 is 2.76 bits per heavy atom. The first kappa shape index (κ1) is 14.9. The van der Waals surface area contributed by atoms with Crippen LogP contribution in [-0.4, -0.2) is 32.0 Å². The minimum atomic E-state index is -1.09. The number of nitrogens with two attached hydrogens (primary N) is 1. The summed E-state index contributed by atoms with van der Waals surface area (Å²) in [6.07, 6.45) is 1.56. The van der Waals surface area contributed by atoms with Crippen LogP contribution in [0, 0.1) is 0 Å². The zero-order chi connectivity index (χ0) is 15.4. The van der Waals surface area contributed by atoms with E-state index >= 15 is 0 Å². The molecule has 0 bridgehead atoms. The number of hydrogen-bond donors (Lipinski definition) is 3. The Hall–Kier alpha value is -2.45. The van der Waals surface area contributed by atoms with Crippen LogP contribution < -0.4 is 11.1 Å². The molecule has 2 aromatic rings. The number of anilines is 1. The van der Waals surface area contributed by atoms with Crippen molar-refractivity contribution in [3.8, 4) is 0 Å². The fourth-order valence-electron chi connectivity index (χ4n) is 1.60. The molecule has 4 N–H and O–H groups in total. The molecule has 1 heterocycles. The number of carbonyl (C=O) groups is 2. The number of aromatic nitrogens is 3. The fourth-order valence-corrected chi connectivity index (χ4v) is 1.82. The van der Waals surface area contributed by atoms with E-state index in [-0.39, 0.29) is 29.6 Å². The highest BCUT2D eigenvalue weighted by Crippen LogP contribution is 2.23. The van der Waals surface area contributed by atoms with Gasteiger partial charge in [-0.3, -0.25) is 4.79 Å². The summed E-state index contributed by atoms with van der Waals surface area (Å²) in [4.78, 5) is 22.6. The molecule has 0 saturated carbocycles. The molecule has 0 aliphatic heterocycles. The normalized spacial score (nSPS) is 10.4. The highest BCUT2D eigenvalue weighted by Gasteiger charge is 2.10. The average molecular weight is 310 g/mol. The maximum Gasteiger partial charge on any atom is 0.335 e. The molecule has 1 aromatic heterocycles. The number of amides is 1. The van der Waals surface area contributed by atoms with E-state index in [1.165, 1.54) is 22.9 Å². The first-order chi connectivity index (χ1) is 9.99. The molecule has 1 amide bonds. The lowest BCUT2D eigenvalue weighted by molar-refractivity contribution is -0.116. The third-order valence-corrected chi connectivity index (χ3v) is 2.90. The molecule has 1 aromatic carbocycles. The number of carboxylic acid groups (broad SMARTS) is 1. The van der Waals surface area contributed by atoms with Crippen LogP contribution in [0.25, 0.3) is 0 Å². The van der Waals surface area contributed by atoms with Gasteiger partial charge in [0.2, 0.25) is 5.91 Å². The number of nitrogens with one attached hydrogen (secondary N) is 1. The number of rotatable bonds is 5. The SMILES string of the molecule is NCc1cn(CC(=O)Nc2ccc(C(=O)O)cc2Cl)nn1. The van der Waals surface area contributed by atoms with Crippen molar-refractivity contribution in [2.45, 2.75) is 13.1 Å². The lowest BCUT2D eigenvalue weighted by Gasteiger charge is -2.07. The van der Waals surface area contributed by atoms with Crippen molar-refractivity contribution in [2.75, 3.05) is 5.32 Å². The van der Waals surface area contributed by atoms with Gasteiger partial charge < -0.3 is 16.2 Å². The van der Waals surface area contributed by atoms with Gasteiger partial charge in [0.25, 0.3) is 0 Å². The molecule has 110 valence electrons. The van der Waals surface area contributed by atoms with Gasteiger partial charge >= 0.3 is 5.97 Å². The van der Waals surface area contributed by atoms with E-state index in [1.807, 2.05) is 0 Å². The summed E-state index contributed by atoms with van der Waals surface area (Å²) >= 11 is 5.92. The topological polar surface area (TPSA) is 123 Å². The van der Waals surface area contributed by atoms with E-state index in [0.29, 0.717) is 11.4 Å². The summed E-state index contributed by atoms with van der Waals surface area (Å²) in [5.41, 5.74) is 6.34. The lowest BCUT2D eigenvalue weighted by atomic mass is 10.2. The van der Waals surface area contributed by atoms with Gasteiger partial charge in [-0.25, -0.2) is 9.48 Å². The molecule has 8 nitrogen and oxygen atoms in total. The zero-order valence-electron chi connectivity index (χ0n) is 10.8. The Labute approximate surface area is 124 Å². The predicted molar refractivity (Wildman–Crippen MR) is 75.0 cm³/mol. The number of carbonyl (C=O) groups excluding carboxylic acids is 1. The molecule has 2 rings (SSSR count). The summed E-state index contributed by atoms with van der Waals surface area (Å²) in [6, 6.07) is 4.05. The number of carboxylic acids is 1. The fraction of sp³-hybridized carbons (Fsp3) is 0.167. The molecule has 0 radical (unpaired) electrons. The Balaban J connectivity index is 2.04. The van der Waals surface area contributed by atoms with Crippen molar-refractivity contribution < 1.29 is 14.7 Å². The van der Waals surface area contributed by atoms with Crippen LogP contribution in [0.5, 0.6) is 0 Å². The minimum Gasteiger partial charge on any atom is -0.478 e. The molecule has 0 unspecified atom stereocenters. The minimum absolute atomic E-state index is 0.0434. The largest absolute Gasteiger partial charge is 0.478 e. The van der Waals surface area contributed by atoms with Gasteiger partial charge in [0, 0.05) is 6.54 Å².